The minimum atomic E-state index is -0.347. The smallest absolute Gasteiger partial charge is 0.248 e. The van der Waals surface area contributed by atoms with Gasteiger partial charge < -0.3 is 5.32 Å². The van der Waals surface area contributed by atoms with E-state index < -0.39 is 0 Å². The maximum atomic E-state index is 12.1. The van der Waals surface area contributed by atoms with Crippen LogP contribution in [0, 0.1) is 20.8 Å². The molecule has 0 aliphatic rings. The molecule has 0 aliphatic heterocycles. The summed E-state index contributed by atoms with van der Waals surface area (Å²) < 4.78 is 0. The number of hydrogen-bond donors (Lipinski definition) is 2. The second-order valence-corrected chi connectivity index (χ2v) is 6.04. The zero-order valence-corrected chi connectivity index (χ0v) is 12.8. The molecule has 0 saturated carbocycles. The molecule has 0 radical (unpaired) electrons. The fraction of sp³-hybridized carbons (Fsp3) is 0.357. The lowest BCUT2D eigenvalue weighted by molar-refractivity contribution is -0.116. The molecule has 0 bridgehead atoms. The van der Waals surface area contributed by atoms with Crippen LogP contribution in [0.3, 0.4) is 0 Å². The number of amides is 1. The van der Waals surface area contributed by atoms with E-state index in [0.717, 1.165) is 10.7 Å². The molecule has 1 atom stereocenters. The average Bonchev–Trinajstić information content (AvgIpc) is 2.73. The van der Waals surface area contributed by atoms with Gasteiger partial charge in [0.2, 0.25) is 11.0 Å². The van der Waals surface area contributed by atoms with Gasteiger partial charge in [0.25, 0.3) is 0 Å². The molecule has 1 heterocycles. The highest BCUT2D eigenvalue weighted by Crippen LogP contribution is 2.17. The lowest BCUT2D eigenvalue weighted by Gasteiger charge is -2.15. The summed E-state index contributed by atoms with van der Waals surface area (Å²) in [4.78, 5) is 12.1. The van der Waals surface area contributed by atoms with E-state index in [1.807, 2.05) is 39.8 Å². The molecule has 0 fully saturated rings. The Morgan fingerprint density at radius 3 is 2.35 bits per heavy atom. The van der Waals surface area contributed by atoms with Gasteiger partial charge in [-0.1, -0.05) is 17.4 Å². The second kappa shape index (κ2) is 6.00. The molecule has 5 nitrogen and oxygen atoms in total. The summed E-state index contributed by atoms with van der Waals surface area (Å²) in [6, 6.07) is 5.79. The van der Waals surface area contributed by atoms with Crippen molar-refractivity contribution in [3.8, 4) is 0 Å². The monoisotopic (exact) mass is 290 g/mol. The fourth-order valence-electron chi connectivity index (χ4n) is 1.93. The van der Waals surface area contributed by atoms with Crippen molar-refractivity contribution in [2.75, 3.05) is 10.6 Å². The minimum absolute atomic E-state index is 0.125. The van der Waals surface area contributed by atoms with Crippen molar-refractivity contribution in [3.05, 3.63) is 34.3 Å². The number of aryl methyl sites for hydroxylation is 3. The number of nitrogens with one attached hydrogen (secondary N) is 2. The molecule has 2 rings (SSSR count). The van der Waals surface area contributed by atoms with E-state index >= 15 is 0 Å². The summed E-state index contributed by atoms with van der Waals surface area (Å²) in [7, 11) is 0. The molecule has 1 amide bonds. The number of nitrogens with zero attached hydrogens (tertiary/aromatic N) is 2. The number of anilines is 2. The zero-order chi connectivity index (χ0) is 14.7. The fourth-order valence-corrected chi connectivity index (χ4v) is 2.53. The number of benzene rings is 1. The van der Waals surface area contributed by atoms with Crippen molar-refractivity contribution in [1.82, 2.24) is 10.2 Å². The van der Waals surface area contributed by atoms with E-state index in [4.69, 9.17) is 0 Å². The van der Waals surface area contributed by atoms with Gasteiger partial charge in [0.05, 0.1) is 0 Å². The van der Waals surface area contributed by atoms with Gasteiger partial charge in [0, 0.05) is 5.69 Å². The van der Waals surface area contributed by atoms with Crippen LogP contribution in [0.15, 0.2) is 18.2 Å². The van der Waals surface area contributed by atoms with E-state index in [-0.39, 0.29) is 11.9 Å². The van der Waals surface area contributed by atoms with Crippen LogP contribution in [-0.2, 0) is 4.79 Å². The quantitative estimate of drug-likeness (QED) is 0.908. The third-order valence-electron chi connectivity index (χ3n) is 2.75. The van der Waals surface area contributed by atoms with Crippen molar-refractivity contribution in [2.24, 2.45) is 0 Å². The number of carbonyl (C=O) groups excluding carboxylic acids is 1. The van der Waals surface area contributed by atoms with Crippen molar-refractivity contribution >= 4 is 28.1 Å². The number of carbonyl (C=O) groups is 1. The number of hydrogen-bond acceptors (Lipinski definition) is 5. The first-order valence-electron chi connectivity index (χ1n) is 6.40. The maximum Gasteiger partial charge on any atom is 0.248 e. The predicted octanol–water partition coefficient (Wildman–Crippen LogP) is 2.90. The molecule has 2 N–H and O–H groups in total. The van der Waals surface area contributed by atoms with Gasteiger partial charge in [-0.25, -0.2) is 0 Å². The summed E-state index contributed by atoms with van der Waals surface area (Å²) in [6.07, 6.45) is 0. The Labute approximate surface area is 122 Å². The molecule has 6 heteroatoms. The largest absolute Gasteiger partial charge is 0.374 e. The predicted molar refractivity (Wildman–Crippen MR) is 82.3 cm³/mol. The molecule has 0 spiro atoms. The molecule has 0 saturated heterocycles. The highest BCUT2D eigenvalue weighted by Gasteiger charge is 2.14. The number of aromatic nitrogens is 2. The van der Waals surface area contributed by atoms with Gasteiger partial charge >= 0.3 is 0 Å². The van der Waals surface area contributed by atoms with Crippen LogP contribution < -0.4 is 10.6 Å². The molecule has 2 aromatic rings. The Hall–Kier alpha value is -1.95. The first-order chi connectivity index (χ1) is 9.44. The summed E-state index contributed by atoms with van der Waals surface area (Å²) in [5.41, 5.74) is 3.28. The van der Waals surface area contributed by atoms with Crippen LogP contribution >= 0.6 is 11.3 Å². The molecule has 106 valence electrons. The van der Waals surface area contributed by atoms with Crippen LogP contribution in [0.4, 0.5) is 10.8 Å². The average molecular weight is 290 g/mol. The van der Waals surface area contributed by atoms with E-state index in [9.17, 15) is 4.79 Å². The van der Waals surface area contributed by atoms with Crippen LogP contribution in [0.2, 0.25) is 0 Å². The van der Waals surface area contributed by atoms with E-state index in [2.05, 4.69) is 26.9 Å². The van der Waals surface area contributed by atoms with Crippen LogP contribution in [0.5, 0.6) is 0 Å². The Balaban J connectivity index is 2.00. The maximum absolute atomic E-state index is 12.1. The van der Waals surface area contributed by atoms with E-state index in [1.165, 1.54) is 22.5 Å². The lowest BCUT2D eigenvalue weighted by Crippen LogP contribution is -2.31. The molecule has 0 unspecified atom stereocenters. The molecule has 0 aliphatic carbocycles. The van der Waals surface area contributed by atoms with Gasteiger partial charge in [-0.2, -0.15) is 0 Å². The third-order valence-corrected chi connectivity index (χ3v) is 3.51. The molecular weight excluding hydrogens is 272 g/mol. The normalized spacial score (nSPS) is 12.0. The standard InChI is InChI=1S/C14H18N4OS/c1-8-5-9(2)7-12(6-8)15-10(3)13(19)16-14-18-17-11(4)20-14/h5-7,10,15H,1-4H3,(H,16,18,19)/t10-/m0/s1. The van der Waals surface area contributed by atoms with Crippen LogP contribution in [0.25, 0.3) is 0 Å². The summed E-state index contributed by atoms with van der Waals surface area (Å²) in [5, 5.41) is 15.1. The van der Waals surface area contributed by atoms with Gasteiger partial charge in [-0.3, -0.25) is 10.1 Å². The van der Waals surface area contributed by atoms with Crippen LogP contribution in [0.1, 0.15) is 23.1 Å². The van der Waals surface area contributed by atoms with Gasteiger partial charge in [0.1, 0.15) is 11.0 Å². The first kappa shape index (κ1) is 14.5. The van der Waals surface area contributed by atoms with Gasteiger partial charge in [-0.15, -0.1) is 10.2 Å². The topological polar surface area (TPSA) is 66.9 Å². The first-order valence-corrected chi connectivity index (χ1v) is 7.21. The molecule has 20 heavy (non-hydrogen) atoms. The Morgan fingerprint density at radius 1 is 1.15 bits per heavy atom. The second-order valence-electron chi connectivity index (χ2n) is 4.86. The Bertz CT molecular complexity index is 603. The summed E-state index contributed by atoms with van der Waals surface area (Å²) >= 11 is 1.36. The molecule has 1 aromatic carbocycles. The molecular formula is C14H18N4OS. The van der Waals surface area contributed by atoms with E-state index in [1.54, 1.807) is 0 Å². The summed E-state index contributed by atoms with van der Waals surface area (Å²) in [5.74, 6) is -0.125. The van der Waals surface area contributed by atoms with Crippen LogP contribution in [-0.4, -0.2) is 22.1 Å². The highest BCUT2D eigenvalue weighted by molar-refractivity contribution is 7.15. The summed E-state index contributed by atoms with van der Waals surface area (Å²) in [6.45, 7) is 7.74. The molecule has 1 aromatic heterocycles. The minimum Gasteiger partial charge on any atom is -0.374 e. The zero-order valence-electron chi connectivity index (χ0n) is 12.0. The van der Waals surface area contributed by atoms with Crippen molar-refractivity contribution in [1.29, 1.82) is 0 Å². The van der Waals surface area contributed by atoms with Crippen molar-refractivity contribution in [3.63, 3.8) is 0 Å². The Morgan fingerprint density at radius 2 is 1.80 bits per heavy atom. The number of rotatable bonds is 4. The van der Waals surface area contributed by atoms with Gasteiger partial charge in [-0.05, 0) is 51.0 Å². The van der Waals surface area contributed by atoms with Crippen molar-refractivity contribution in [2.45, 2.75) is 33.7 Å². The lowest BCUT2D eigenvalue weighted by atomic mass is 10.1. The van der Waals surface area contributed by atoms with E-state index in [0.29, 0.717) is 5.13 Å². The third kappa shape index (κ3) is 3.77. The van der Waals surface area contributed by atoms with Gasteiger partial charge in [0.15, 0.2) is 0 Å². The highest BCUT2D eigenvalue weighted by atomic mass is 32.1. The SMILES string of the molecule is Cc1cc(C)cc(N[C@@H](C)C(=O)Nc2nnc(C)s2)c1. The van der Waals surface area contributed by atoms with Crippen molar-refractivity contribution < 1.29 is 4.79 Å². The Kier molecular flexibility index (Phi) is 4.34.